The number of halogens is 6. The maximum absolute atomic E-state index is 13.0. The van der Waals surface area contributed by atoms with Crippen molar-refractivity contribution >= 4 is 21.8 Å². The number of nitrogens with zero attached hydrogens (tertiary/aromatic N) is 1. The van der Waals surface area contributed by atoms with Crippen LogP contribution in [-0.4, -0.2) is 75.5 Å². The first-order valence-electron chi connectivity index (χ1n) is 11.7. The average Bonchev–Trinajstić information content (AvgIpc) is 3.14. The number of carbonyl (C=O) groups excluding carboxylic acids is 2. The Morgan fingerprint density at radius 3 is 2.03 bits per heavy atom. The van der Waals surface area contributed by atoms with E-state index >= 15 is 0 Å². The molecule has 0 spiro atoms. The van der Waals surface area contributed by atoms with E-state index in [-0.39, 0.29) is 30.0 Å². The van der Waals surface area contributed by atoms with Gasteiger partial charge in [-0.2, -0.15) is 26.3 Å². The van der Waals surface area contributed by atoms with Crippen molar-refractivity contribution in [3.05, 3.63) is 34.9 Å². The quantitative estimate of drug-likeness (QED) is 0.446. The Morgan fingerprint density at radius 1 is 0.919 bits per heavy atom. The van der Waals surface area contributed by atoms with E-state index in [0.29, 0.717) is 57.6 Å². The second-order valence-electron chi connectivity index (χ2n) is 9.29. The number of hydrogen-bond acceptors (Lipinski definition) is 5. The first-order chi connectivity index (χ1) is 17.1. The van der Waals surface area contributed by atoms with Crippen molar-refractivity contribution in [3.8, 4) is 0 Å². The van der Waals surface area contributed by atoms with Crippen LogP contribution in [0.4, 0.5) is 31.1 Å². The summed E-state index contributed by atoms with van der Waals surface area (Å²) in [4.78, 5) is 26.3. The molecule has 3 amide bonds. The summed E-state index contributed by atoms with van der Waals surface area (Å²) in [6.45, 7) is 2.25. The molecule has 2 aliphatic heterocycles. The van der Waals surface area contributed by atoms with Gasteiger partial charge in [-0.15, -0.1) is 0 Å². The summed E-state index contributed by atoms with van der Waals surface area (Å²) >= 11 is 0. The number of carbonyl (C=O) groups is 2. The van der Waals surface area contributed by atoms with Crippen LogP contribution in [0.2, 0.25) is 0 Å². The van der Waals surface area contributed by atoms with Gasteiger partial charge in [0.2, 0.25) is 0 Å². The van der Waals surface area contributed by atoms with E-state index in [1.54, 1.807) is 0 Å². The third kappa shape index (κ3) is 8.76. The van der Waals surface area contributed by atoms with Crippen molar-refractivity contribution in [3.63, 3.8) is 0 Å². The van der Waals surface area contributed by atoms with E-state index in [9.17, 15) is 44.3 Å². The van der Waals surface area contributed by atoms with Gasteiger partial charge in [-0.25, -0.2) is 13.2 Å². The molecule has 0 aliphatic carbocycles. The van der Waals surface area contributed by atoms with Crippen molar-refractivity contribution in [1.82, 2.24) is 20.9 Å². The fraction of sp³-hybridized carbons (Fsp3) is 0.636. The second-order valence-corrected chi connectivity index (χ2v) is 11.5. The fourth-order valence-electron chi connectivity index (χ4n) is 4.31. The highest BCUT2D eigenvalue weighted by Gasteiger charge is 2.37. The minimum absolute atomic E-state index is 0.00587. The number of rotatable bonds is 7. The van der Waals surface area contributed by atoms with Crippen LogP contribution in [-0.2, 0) is 22.2 Å². The van der Waals surface area contributed by atoms with Crippen molar-refractivity contribution in [2.24, 2.45) is 5.92 Å². The molecular weight excluding hydrogens is 530 g/mol. The molecule has 0 radical (unpaired) electrons. The van der Waals surface area contributed by atoms with E-state index in [1.807, 2.05) is 0 Å². The summed E-state index contributed by atoms with van der Waals surface area (Å²) in [6, 6.07) is -0.0522. The van der Waals surface area contributed by atoms with Gasteiger partial charge in [0, 0.05) is 31.2 Å². The lowest BCUT2D eigenvalue weighted by molar-refractivity contribution is -0.143. The van der Waals surface area contributed by atoms with Crippen LogP contribution in [0.5, 0.6) is 0 Å². The Labute approximate surface area is 210 Å². The molecule has 208 valence electrons. The maximum atomic E-state index is 13.0. The van der Waals surface area contributed by atoms with Crippen LogP contribution < -0.4 is 16.0 Å². The molecule has 2 heterocycles. The summed E-state index contributed by atoms with van der Waals surface area (Å²) in [5.74, 6) is -1.03. The molecule has 0 bridgehead atoms. The van der Waals surface area contributed by atoms with E-state index < -0.39 is 56.9 Å². The van der Waals surface area contributed by atoms with Gasteiger partial charge in [0.1, 0.15) is 0 Å². The lowest BCUT2D eigenvalue weighted by Crippen LogP contribution is -2.46. The van der Waals surface area contributed by atoms with Crippen LogP contribution in [0.15, 0.2) is 18.2 Å². The van der Waals surface area contributed by atoms with Crippen molar-refractivity contribution < 1.29 is 44.3 Å². The summed E-state index contributed by atoms with van der Waals surface area (Å²) in [7, 11) is -3.09. The highest BCUT2D eigenvalue weighted by Crippen LogP contribution is 2.36. The monoisotopic (exact) mass is 558 g/mol. The Bertz CT molecular complexity index is 1050. The number of alkyl halides is 6. The maximum Gasteiger partial charge on any atom is 0.416 e. The Morgan fingerprint density at radius 2 is 1.51 bits per heavy atom. The highest BCUT2D eigenvalue weighted by atomic mass is 32.2. The Balaban J connectivity index is 1.40. The third-order valence-electron chi connectivity index (χ3n) is 6.39. The zero-order valence-corrected chi connectivity index (χ0v) is 20.5. The summed E-state index contributed by atoms with van der Waals surface area (Å²) in [5, 5.41) is 7.75. The molecule has 3 rings (SSSR count). The van der Waals surface area contributed by atoms with Crippen LogP contribution in [0.3, 0.4) is 0 Å². The smallest absolute Gasteiger partial charge is 0.352 e. The predicted molar refractivity (Wildman–Crippen MR) is 122 cm³/mol. The zero-order valence-electron chi connectivity index (χ0n) is 19.7. The summed E-state index contributed by atoms with van der Waals surface area (Å²) in [6.07, 6.45) is -8.39. The van der Waals surface area contributed by atoms with Crippen molar-refractivity contribution in [1.29, 1.82) is 0 Å². The number of sulfone groups is 1. The molecule has 37 heavy (non-hydrogen) atoms. The molecule has 8 nitrogen and oxygen atoms in total. The van der Waals surface area contributed by atoms with Crippen molar-refractivity contribution in [2.45, 2.75) is 37.7 Å². The standard InChI is InChI=1S/C22H28F6N4O4S/c23-21(24,25)16-9-15(10-17(11-16)22(26,27)28)19(33)30-12-14-1-5-32(6-2-14)7-4-29-20(34)31-18-3-8-37(35,36)13-18/h9-11,14,18H,1-8,12-13H2,(H,30,33)(H2,29,31,34). The van der Waals surface area contributed by atoms with Gasteiger partial charge < -0.3 is 20.9 Å². The highest BCUT2D eigenvalue weighted by molar-refractivity contribution is 7.91. The predicted octanol–water partition coefficient (Wildman–Crippen LogP) is 2.65. The molecule has 2 fully saturated rings. The molecule has 15 heteroatoms. The zero-order chi connectivity index (χ0) is 27.4. The topological polar surface area (TPSA) is 108 Å². The van der Waals surface area contributed by atoms with Crippen molar-refractivity contribution in [2.75, 3.05) is 44.2 Å². The lowest BCUT2D eigenvalue weighted by atomic mass is 9.96. The SMILES string of the molecule is O=C(NCCN1CCC(CNC(=O)c2cc(C(F)(F)F)cc(C(F)(F)F)c2)CC1)NC1CCS(=O)(=O)C1. The normalized spacial score (nSPS) is 21.0. The van der Waals surface area contributed by atoms with Gasteiger partial charge in [0.25, 0.3) is 5.91 Å². The molecule has 2 aliphatic rings. The molecule has 1 aromatic rings. The summed E-state index contributed by atoms with van der Waals surface area (Å²) in [5.41, 5.74) is -3.80. The van der Waals surface area contributed by atoms with Gasteiger partial charge in [-0.3, -0.25) is 4.79 Å². The summed E-state index contributed by atoms with van der Waals surface area (Å²) < 4.78 is 101. The van der Waals surface area contributed by atoms with Gasteiger partial charge in [0.05, 0.1) is 22.6 Å². The molecule has 0 aromatic heterocycles. The van der Waals surface area contributed by atoms with E-state index in [2.05, 4.69) is 20.9 Å². The van der Waals surface area contributed by atoms with E-state index in [0.717, 1.165) is 0 Å². The fourth-order valence-corrected chi connectivity index (χ4v) is 5.99. The third-order valence-corrected chi connectivity index (χ3v) is 8.16. The number of urea groups is 1. The number of nitrogens with one attached hydrogen (secondary N) is 3. The lowest BCUT2D eigenvalue weighted by Gasteiger charge is -2.32. The number of hydrogen-bond donors (Lipinski definition) is 3. The number of amides is 3. The molecule has 1 atom stereocenters. The molecule has 1 unspecified atom stereocenters. The van der Waals surface area contributed by atoms with Crippen LogP contribution in [0.1, 0.15) is 40.7 Å². The van der Waals surface area contributed by atoms with Crippen LogP contribution >= 0.6 is 0 Å². The minimum atomic E-state index is -5.03. The Hall–Kier alpha value is -2.55. The number of benzene rings is 1. The first-order valence-corrected chi connectivity index (χ1v) is 13.5. The van der Waals surface area contributed by atoms with Crippen LogP contribution in [0, 0.1) is 5.92 Å². The number of likely N-dealkylation sites (tertiary alicyclic amines) is 1. The van der Waals surface area contributed by atoms with Crippen LogP contribution in [0.25, 0.3) is 0 Å². The van der Waals surface area contributed by atoms with Gasteiger partial charge in [-0.05, 0) is 56.5 Å². The molecule has 0 saturated carbocycles. The molecule has 2 saturated heterocycles. The first kappa shape index (κ1) is 29.0. The molecule has 3 N–H and O–H groups in total. The Kier molecular flexibility index (Phi) is 8.98. The number of piperidine rings is 1. The van der Waals surface area contributed by atoms with Gasteiger partial charge in [-0.1, -0.05) is 0 Å². The van der Waals surface area contributed by atoms with E-state index in [4.69, 9.17) is 0 Å². The molecular formula is C22H28F6N4O4S. The van der Waals surface area contributed by atoms with Gasteiger partial charge >= 0.3 is 18.4 Å². The molecule has 1 aromatic carbocycles. The largest absolute Gasteiger partial charge is 0.416 e. The average molecular weight is 559 g/mol. The van der Waals surface area contributed by atoms with E-state index in [1.165, 1.54) is 0 Å². The minimum Gasteiger partial charge on any atom is -0.352 e. The second kappa shape index (κ2) is 11.5. The van der Waals surface area contributed by atoms with Gasteiger partial charge in [0.15, 0.2) is 9.84 Å².